The van der Waals surface area contributed by atoms with Gasteiger partial charge in [-0.05, 0) is 12.1 Å². The molecule has 3 nitrogen and oxygen atoms in total. The van der Waals surface area contributed by atoms with Crippen LogP contribution in [-0.2, 0) is 0 Å². The highest BCUT2D eigenvalue weighted by molar-refractivity contribution is 9.11. The number of carbonyl (C=O) groups excluding carboxylic acids is 1. The lowest BCUT2D eigenvalue weighted by atomic mass is 10.3. The standard InChI is InChI=1S/C9H8BrFN2O/c1-6(10)4-13-9(14)8-3-2-7(11)5-12-8/h2-3,5H,1,4H2,(H,13,14). The number of aromatic nitrogens is 1. The van der Waals surface area contributed by atoms with Crippen LogP contribution in [0.15, 0.2) is 29.4 Å². The topological polar surface area (TPSA) is 42.0 Å². The Balaban J connectivity index is 2.61. The minimum Gasteiger partial charge on any atom is -0.346 e. The van der Waals surface area contributed by atoms with E-state index in [0.717, 1.165) is 6.20 Å². The molecule has 1 aromatic rings. The lowest BCUT2D eigenvalue weighted by Crippen LogP contribution is -2.25. The molecular weight excluding hydrogens is 251 g/mol. The molecule has 0 spiro atoms. The predicted molar refractivity (Wildman–Crippen MR) is 54.6 cm³/mol. The van der Waals surface area contributed by atoms with Crippen LogP contribution in [0.1, 0.15) is 10.5 Å². The molecule has 14 heavy (non-hydrogen) atoms. The van der Waals surface area contributed by atoms with Crippen molar-refractivity contribution in [1.29, 1.82) is 0 Å². The first-order valence-corrected chi connectivity index (χ1v) is 4.62. The van der Waals surface area contributed by atoms with E-state index in [4.69, 9.17) is 0 Å². The molecule has 0 aliphatic heterocycles. The Morgan fingerprint density at radius 1 is 1.64 bits per heavy atom. The molecule has 0 atom stereocenters. The Morgan fingerprint density at radius 3 is 2.86 bits per heavy atom. The second-order valence-electron chi connectivity index (χ2n) is 2.56. The van der Waals surface area contributed by atoms with Crippen molar-refractivity contribution in [2.75, 3.05) is 6.54 Å². The number of pyridine rings is 1. The molecule has 0 saturated carbocycles. The Hall–Kier alpha value is -1.23. The first-order valence-electron chi connectivity index (χ1n) is 3.82. The van der Waals surface area contributed by atoms with E-state index in [2.05, 4.69) is 32.8 Å². The lowest BCUT2D eigenvalue weighted by Gasteiger charge is -2.02. The third-order valence-corrected chi connectivity index (χ3v) is 1.68. The monoisotopic (exact) mass is 258 g/mol. The van der Waals surface area contributed by atoms with Crippen LogP contribution >= 0.6 is 15.9 Å². The first-order chi connectivity index (χ1) is 6.59. The number of amides is 1. The first kappa shape index (κ1) is 10.8. The maximum absolute atomic E-state index is 12.4. The Kier molecular flexibility index (Phi) is 3.76. The van der Waals surface area contributed by atoms with E-state index < -0.39 is 5.82 Å². The highest BCUT2D eigenvalue weighted by Gasteiger charge is 2.05. The quantitative estimate of drug-likeness (QED) is 0.900. The highest BCUT2D eigenvalue weighted by Crippen LogP contribution is 2.00. The molecule has 0 bridgehead atoms. The summed E-state index contributed by atoms with van der Waals surface area (Å²) >= 11 is 3.10. The third-order valence-electron chi connectivity index (χ3n) is 1.40. The van der Waals surface area contributed by atoms with Crippen molar-refractivity contribution in [3.8, 4) is 0 Å². The van der Waals surface area contributed by atoms with Gasteiger partial charge in [0.2, 0.25) is 0 Å². The molecular formula is C9H8BrFN2O. The van der Waals surface area contributed by atoms with Crippen molar-refractivity contribution in [3.63, 3.8) is 0 Å². The number of halogens is 2. The molecule has 74 valence electrons. The molecule has 0 fully saturated rings. The highest BCUT2D eigenvalue weighted by atomic mass is 79.9. The zero-order valence-corrected chi connectivity index (χ0v) is 8.84. The molecule has 1 amide bonds. The second-order valence-corrected chi connectivity index (χ2v) is 3.68. The largest absolute Gasteiger partial charge is 0.346 e. The van der Waals surface area contributed by atoms with E-state index in [1.54, 1.807) is 0 Å². The van der Waals surface area contributed by atoms with E-state index in [9.17, 15) is 9.18 Å². The van der Waals surface area contributed by atoms with E-state index in [1.807, 2.05) is 0 Å². The summed E-state index contributed by atoms with van der Waals surface area (Å²) in [5.74, 6) is -0.822. The average molecular weight is 259 g/mol. The summed E-state index contributed by atoms with van der Waals surface area (Å²) in [6, 6.07) is 2.51. The fraction of sp³-hybridized carbons (Fsp3) is 0.111. The van der Waals surface area contributed by atoms with E-state index in [1.165, 1.54) is 12.1 Å². The van der Waals surface area contributed by atoms with Gasteiger partial charge in [-0.1, -0.05) is 22.5 Å². The maximum Gasteiger partial charge on any atom is 0.270 e. The van der Waals surface area contributed by atoms with Crippen LogP contribution in [-0.4, -0.2) is 17.4 Å². The summed E-state index contributed by atoms with van der Waals surface area (Å²) in [5.41, 5.74) is 0.181. The van der Waals surface area contributed by atoms with Crippen LogP contribution in [0.5, 0.6) is 0 Å². The van der Waals surface area contributed by atoms with Crippen LogP contribution in [0.4, 0.5) is 4.39 Å². The molecule has 1 N–H and O–H groups in total. The summed E-state index contributed by atoms with van der Waals surface area (Å²) in [7, 11) is 0. The third kappa shape index (κ3) is 3.26. The van der Waals surface area contributed by atoms with Gasteiger partial charge < -0.3 is 5.32 Å². The van der Waals surface area contributed by atoms with Crippen LogP contribution in [0.2, 0.25) is 0 Å². The molecule has 0 aromatic carbocycles. The van der Waals surface area contributed by atoms with Crippen molar-refractivity contribution < 1.29 is 9.18 Å². The fourth-order valence-corrected chi connectivity index (χ4v) is 0.917. The van der Waals surface area contributed by atoms with E-state index in [0.29, 0.717) is 11.0 Å². The molecule has 1 heterocycles. The molecule has 0 aliphatic rings. The van der Waals surface area contributed by atoms with Gasteiger partial charge >= 0.3 is 0 Å². The number of rotatable bonds is 3. The van der Waals surface area contributed by atoms with Crippen molar-refractivity contribution in [1.82, 2.24) is 10.3 Å². The molecule has 0 aliphatic carbocycles. The van der Waals surface area contributed by atoms with Crippen LogP contribution in [0.3, 0.4) is 0 Å². The molecule has 0 saturated heterocycles. The van der Waals surface area contributed by atoms with Gasteiger partial charge in [-0.3, -0.25) is 4.79 Å². The number of carbonyl (C=O) groups is 1. The zero-order chi connectivity index (χ0) is 10.6. The fourth-order valence-electron chi connectivity index (χ4n) is 0.777. The minimum absolute atomic E-state index is 0.181. The Labute approximate surface area is 89.2 Å². The van der Waals surface area contributed by atoms with Gasteiger partial charge in [0.05, 0.1) is 6.20 Å². The van der Waals surface area contributed by atoms with Crippen molar-refractivity contribution in [3.05, 3.63) is 40.9 Å². The lowest BCUT2D eigenvalue weighted by molar-refractivity contribution is 0.0952. The molecule has 5 heteroatoms. The number of nitrogens with one attached hydrogen (secondary N) is 1. The van der Waals surface area contributed by atoms with Gasteiger partial charge in [-0.2, -0.15) is 0 Å². The Morgan fingerprint density at radius 2 is 2.36 bits per heavy atom. The van der Waals surface area contributed by atoms with Crippen molar-refractivity contribution >= 4 is 21.8 Å². The van der Waals surface area contributed by atoms with E-state index >= 15 is 0 Å². The zero-order valence-electron chi connectivity index (χ0n) is 7.26. The summed E-state index contributed by atoms with van der Waals surface area (Å²) in [5, 5.41) is 2.55. The number of nitrogens with zero attached hydrogens (tertiary/aromatic N) is 1. The van der Waals surface area contributed by atoms with Gasteiger partial charge in [0.15, 0.2) is 0 Å². The summed E-state index contributed by atoms with van der Waals surface area (Å²) in [6.07, 6.45) is 0.998. The maximum atomic E-state index is 12.4. The van der Waals surface area contributed by atoms with Crippen LogP contribution in [0.25, 0.3) is 0 Å². The van der Waals surface area contributed by atoms with E-state index in [-0.39, 0.29) is 11.6 Å². The molecule has 0 radical (unpaired) electrons. The van der Waals surface area contributed by atoms with Crippen LogP contribution < -0.4 is 5.32 Å². The van der Waals surface area contributed by atoms with Gasteiger partial charge in [0, 0.05) is 11.0 Å². The molecule has 0 unspecified atom stereocenters. The van der Waals surface area contributed by atoms with Crippen molar-refractivity contribution in [2.45, 2.75) is 0 Å². The predicted octanol–water partition coefficient (Wildman–Crippen LogP) is 1.86. The van der Waals surface area contributed by atoms with Gasteiger partial charge in [-0.15, -0.1) is 0 Å². The Bertz CT molecular complexity index is 350. The molecule has 1 aromatic heterocycles. The second kappa shape index (κ2) is 4.85. The smallest absolute Gasteiger partial charge is 0.270 e. The average Bonchev–Trinajstić information content (AvgIpc) is 2.15. The summed E-state index contributed by atoms with van der Waals surface area (Å²) in [4.78, 5) is 14.9. The summed E-state index contributed by atoms with van der Waals surface area (Å²) < 4.78 is 13.1. The van der Waals surface area contributed by atoms with Gasteiger partial charge in [-0.25, -0.2) is 9.37 Å². The number of hydrogen-bond acceptors (Lipinski definition) is 2. The summed E-state index contributed by atoms with van der Waals surface area (Å²) in [6.45, 7) is 3.87. The van der Waals surface area contributed by atoms with Crippen molar-refractivity contribution in [2.24, 2.45) is 0 Å². The normalized spacial score (nSPS) is 9.57. The molecule has 1 rings (SSSR count). The van der Waals surface area contributed by atoms with Gasteiger partial charge in [0.1, 0.15) is 11.5 Å². The minimum atomic E-state index is -0.466. The SMILES string of the molecule is C=C(Br)CNC(=O)c1ccc(F)cn1. The van der Waals surface area contributed by atoms with Gasteiger partial charge in [0.25, 0.3) is 5.91 Å². The van der Waals surface area contributed by atoms with Crippen LogP contribution in [0, 0.1) is 5.82 Å². The number of hydrogen-bond donors (Lipinski definition) is 1.